The van der Waals surface area contributed by atoms with Gasteiger partial charge in [-0.3, -0.25) is 4.79 Å². The van der Waals surface area contributed by atoms with Crippen LogP contribution in [0, 0.1) is 5.92 Å². The predicted octanol–water partition coefficient (Wildman–Crippen LogP) is 3.03. The van der Waals surface area contributed by atoms with Gasteiger partial charge in [-0.15, -0.1) is 0 Å². The number of carbonyl (C=O) groups is 1. The van der Waals surface area contributed by atoms with Crippen LogP contribution >= 0.6 is 0 Å². The van der Waals surface area contributed by atoms with Gasteiger partial charge in [-0.05, 0) is 51.4 Å². The van der Waals surface area contributed by atoms with Crippen molar-refractivity contribution in [3.8, 4) is 0 Å². The molecule has 0 saturated carbocycles. The molecule has 1 heterocycles. The normalized spacial score (nSPS) is 13.5. The molecule has 8 heteroatoms. The van der Waals surface area contributed by atoms with Crippen molar-refractivity contribution >= 4 is 5.97 Å². The number of rotatable bonds is 8. The Morgan fingerprint density at radius 1 is 1.32 bits per heavy atom. The second kappa shape index (κ2) is 8.51. The van der Waals surface area contributed by atoms with Crippen molar-refractivity contribution < 1.29 is 23.1 Å². The van der Waals surface area contributed by atoms with E-state index >= 15 is 0 Å². The van der Waals surface area contributed by atoms with Crippen LogP contribution in [0.3, 0.4) is 0 Å². The minimum Gasteiger partial charge on any atom is -0.480 e. The lowest BCUT2D eigenvalue weighted by molar-refractivity contribution is -0.141. The average Bonchev–Trinajstić information content (AvgIpc) is 2.44. The number of pyridine rings is 1. The standard InChI is InChI=1S/C17H25F3N2O3/c1-11(2)8-14(16(24)25)22-10-12(6-5-7-21(3)4)13(9-15(22)23)17(18,19)20/h9-11,14H,5-8H2,1-4H3,(H,24,25). The molecular weight excluding hydrogens is 337 g/mol. The van der Waals surface area contributed by atoms with Crippen LogP contribution in [0.1, 0.15) is 43.9 Å². The highest BCUT2D eigenvalue weighted by molar-refractivity contribution is 5.71. The maximum absolute atomic E-state index is 13.2. The molecule has 0 radical (unpaired) electrons. The Hall–Kier alpha value is -1.83. The first-order valence-electron chi connectivity index (χ1n) is 8.13. The van der Waals surface area contributed by atoms with Gasteiger partial charge in [0.05, 0.1) is 5.56 Å². The molecule has 1 aromatic heterocycles. The molecule has 0 aromatic carbocycles. The van der Waals surface area contributed by atoms with Crippen LogP contribution in [-0.4, -0.2) is 41.2 Å². The molecule has 0 saturated heterocycles. The zero-order chi connectivity index (χ0) is 19.4. The molecule has 1 N–H and O–H groups in total. The van der Waals surface area contributed by atoms with Crippen molar-refractivity contribution in [2.24, 2.45) is 5.92 Å². The smallest absolute Gasteiger partial charge is 0.416 e. The average molecular weight is 362 g/mol. The van der Waals surface area contributed by atoms with E-state index in [4.69, 9.17) is 0 Å². The summed E-state index contributed by atoms with van der Waals surface area (Å²) in [5, 5.41) is 9.38. The fourth-order valence-electron chi connectivity index (χ4n) is 2.66. The minimum absolute atomic E-state index is 0.0208. The third kappa shape index (κ3) is 6.19. The monoisotopic (exact) mass is 362 g/mol. The first-order chi connectivity index (χ1) is 11.4. The molecule has 0 spiro atoms. The Morgan fingerprint density at radius 2 is 1.92 bits per heavy atom. The topological polar surface area (TPSA) is 62.5 Å². The quantitative estimate of drug-likeness (QED) is 0.772. The highest BCUT2D eigenvalue weighted by Gasteiger charge is 2.35. The summed E-state index contributed by atoms with van der Waals surface area (Å²) in [6, 6.07) is -0.663. The summed E-state index contributed by atoms with van der Waals surface area (Å²) in [7, 11) is 3.63. The van der Waals surface area contributed by atoms with Gasteiger partial charge in [-0.1, -0.05) is 13.8 Å². The van der Waals surface area contributed by atoms with E-state index in [1.165, 1.54) is 0 Å². The summed E-state index contributed by atoms with van der Waals surface area (Å²) in [4.78, 5) is 25.5. The molecule has 1 rings (SSSR count). The molecule has 0 fully saturated rings. The number of aliphatic carboxylic acids is 1. The van der Waals surface area contributed by atoms with Crippen LogP contribution in [0.2, 0.25) is 0 Å². The van der Waals surface area contributed by atoms with Gasteiger partial charge in [-0.2, -0.15) is 13.2 Å². The van der Waals surface area contributed by atoms with E-state index in [1.807, 2.05) is 19.0 Å². The van der Waals surface area contributed by atoms with Crippen molar-refractivity contribution in [2.75, 3.05) is 20.6 Å². The third-order valence-electron chi connectivity index (χ3n) is 3.84. The Kier molecular flexibility index (Phi) is 7.22. The summed E-state index contributed by atoms with van der Waals surface area (Å²) in [6.45, 7) is 4.18. The molecule has 5 nitrogen and oxygen atoms in total. The maximum atomic E-state index is 13.2. The molecule has 0 aliphatic carbocycles. The second-order valence-electron chi connectivity index (χ2n) is 6.85. The molecule has 1 atom stereocenters. The molecule has 25 heavy (non-hydrogen) atoms. The minimum atomic E-state index is -4.65. The fourth-order valence-corrected chi connectivity index (χ4v) is 2.66. The van der Waals surface area contributed by atoms with Gasteiger partial charge >= 0.3 is 12.1 Å². The molecule has 0 aliphatic heterocycles. The van der Waals surface area contributed by atoms with E-state index < -0.39 is 29.3 Å². The van der Waals surface area contributed by atoms with Gasteiger partial charge in [0.25, 0.3) is 5.56 Å². The molecule has 0 amide bonds. The Bertz CT molecular complexity index is 652. The fraction of sp³-hybridized carbons (Fsp3) is 0.647. The number of carboxylic acids is 1. The lowest BCUT2D eigenvalue weighted by Gasteiger charge is -2.21. The highest BCUT2D eigenvalue weighted by atomic mass is 19.4. The van der Waals surface area contributed by atoms with Gasteiger partial charge in [0.2, 0.25) is 0 Å². The van der Waals surface area contributed by atoms with Crippen LogP contribution in [0.15, 0.2) is 17.1 Å². The number of alkyl halides is 3. The Balaban J connectivity index is 3.35. The molecule has 1 unspecified atom stereocenters. The largest absolute Gasteiger partial charge is 0.480 e. The molecule has 0 aliphatic rings. The number of carboxylic acid groups (broad SMARTS) is 1. The zero-order valence-electron chi connectivity index (χ0n) is 14.9. The Morgan fingerprint density at radius 3 is 2.36 bits per heavy atom. The number of halogens is 3. The van der Waals surface area contributed by atoms with E-state index in [-0.39, 0.29) is 24.3 Å². The van der Waals surface area contributed by atoms with E-state index in [0.29, 0.717) is 19.0 Å². The van der Waals surface area contributed by atoms with E-state index in [1.54, 1.807) is 13.8 Å². The summed E-state index contributed by atoms with van der Waals surface area (Å²) in [5.74, 6) is -1.25. The highest BCUT2D eigenvalue weighted by Crippen LogP contribution is 2.32. The van der Waals surface area contributed by atoms with Gasteiger partial charge in [-0.25, -0.2) is 4.79 Å². The molecular formula is C17H25F3N2O3. The van der Waals surface area contributed by atoms with Gasteiger partial charge < -0.3 is 14.6 Å². The number of hydrogen-bond donors (Lipinski definition) is 1. The number of aryl methyl sites for hydroxylation is 1. The summed E-state index contributed by atoms with van der Waals surface area (Å²) >= 11 is 0. The molecule has 142 valence electrons. The van der Waals surface area contributed by atoms with Crippen molar-refractivity contribution in [1.29, 1.82) is 0 Å². The molecule has 0 bridgehead atoms. The Labute approximate surface area is 145 Å². The van der Waals surface area contributed by atoms with Crippen molar-refractivity contribution in [3.63, 3.8) is 0 Å². The van der Waals surface area contributed by atoms with Gasteiger partial charge in [0.15, 0.2) is 0 Å². The molecule has 1 aromatic rings. The van der Waals surface area contributed by atoms with Crippen molar-refractivity contribution in [3.05, 3.63) is 33.7 Å². The first kappa shape index (κ1) is 21.2. The van der Waals surface area contributed by atoms with Crippen LogP contribution in [-0.2, 0) is 17.4 Å². The summed E-state index contributed by atoms with van der Waals surface area (Å²) in [6.07, 6.45) is -2.83. The number of nitrogens with zero attached hydrogens (tertiary/aromatic N) is 2. The maximum Gasteiger partial charge on any atom is 0.416 e. The first-order valence-corrected chi connectivity index (χ1v) is 8.13. The van der Waals surface area contributed by atoms with Crippen LogP contribution < -0.4 is 5.56 Å². The lowest BCUT2D eigenvalue weighted by Crippen LogP contribution is -2.32. The van der Waals surface area contributed by atoms with Crippen molar-refractivity contribution in [1.82, 2.24) is 9.47 Å². The van der Waals surface area contributed by atoms with Crippen LogP contribution in [0.4, 0.5) is 13.2 Å². The predicted molar refractivity (Wildman–Crippen MR) is 88.7 cm³/mol. The second-order valence-corrected chi connectivity index (χ2v) is 6.85. The van der Waals surface area contributed by atoms with Gasteiger partial charge in [0.1, 0.15) is 6.04 Å². The van der Waals surface area contributed by atoms with E-state index in [0.717, 1.165) is 10.8 Å². The SMILES string of the molecule is CC(C)CC(C(=O)O)n1cc(CCCN(C)C)c(C(F)(F)F)cc1=O. The summed E-state index contributed by atoms with van der Waals surface area (Å²) < 4.78 is 40.6. The number of hydrogen-bond acceptors (Lipinski definition) is 3. The van der Waals surface area contributed by atoms with Crippen molar-refractivity contribution in [2.45, 2.75) is 45.3 Å². The van der Waals surface area contributed by atoms with Crippen LogP contribution in [0.25, 0.3) is 0 Å². The van der Waals surface area contributed by atoms with Gasteiger partial charge in [0, 0.05) is 12.3 Å². The zero-order valence-corrected chi connectivity index (χ0v) is 14.9. The lowest BCUT2D eigenvalue weighted by atomic mass is 10.0. The third-order valence-corrected chi connectivity index (χ3v) is 3.84. The van der Waals surface area contributed by atoms with E-state index in [9.17, 15) is 27.9 Å². The number of aromatic nitrogens is 1. The van der Waals surface area contributed by atoms with E-state index in [2.05, 4.69) is 0 Å². The summed E-state index contributed by atoms with van der Waals surface area (Å²) in [5.41, 5.74) is -1.98. The van der Waals surface area contributed by atoms with Crippen LogP contribution in [0.5, 0.6) is 0 Å².